The van der Waals surface area contributed by atoms with Crippen LogP contribution < -0.4 is 5.32 Å². The van der Waals surface area contributed by atoms with E-state index >= 15 is 0 Å². The molecule has 3 atom stereocenters. The van der Waals surface area contributed by atoms with Crippen LogP contribution in [-0.2, 0) is 30.5 Å². The highest BCUT2D eigenvalue weighted by molar-refractivity contribution is 8.14. The summed E-state index contributed by atoms with van der Waals surface area (Å²) in [7, 11) is 0. The van der Waals surface area contributed by atoms with Gasteiger partial charge in [0.25, 0.3) is 5.91 Å². The molecule has 1 unspecified atom stereocenters. The average Bonchev–Trinajstić information content (AvgIpc) is 3.48. The summed E-state index contributed by atoms with van der Waals surface area (Å²) in [5.41, 5.74) is -0.261. The second-order valence-electron chi connectivity index (χ2n) is 11.5. The van der Waals surface area contributed by atoms with Gasteiger partial charge in [0.05, 0.1) is 13.0 Å². The number of thiazole rings is 1. The number of hydrogen-bond acceptors (Lipinski definition) is 10. The van der Waals surface area contributed by atoms with Crippen LogP contribution in [-0.4, -0.2) is 73.6 Å². The van der Waals surface area contributed by atoms with Crippen molar-refractivity contribution in [2.24, 2.45) is 4.99 Å². The minimum absolute atomic E-state index is 0.0365. The van der Waals surface area contributed by atoms with Crippen molar-refractivity contribution in [1.82, 2.24) is 15.2 Å². The fourth-order valence-electron chi connectivity index (χ4n) is 5.40. The second kappa shape index (κ2) is 16.8. The number of allylic oxidation sites excluding steroid dienone is 1. The molecule has 3 aliphatic rings. The van der Waals surface area contributed by atoms with Crippen LogP contribution in [0.5, 0.6) is 0 Å². The van der Waals surface area contributed by atoms with E-state index in [9.17, 15) is 19.2 Å². The topological polar surface area (TPSA) is 118 Å². The zero-order valence-electron chi connectivity index (χ0n) is 25.3. The summed E-state index contributed by atoms with van der Waals surface area (Å²) in [5, 5.41) is 6.48. The Labute approximate surface area is 267 Å². The second-order valence-corrected chi connectivity index (χ2v) is 14.7. The Morgan fingerprint density at radius 1 is 1.23 bits per heavy atom. The van der Waals surface area contributed by atoms with Crippen LogP contribution in [0.25, 0.3) is 0 Å². The molecule has 0 spiro atoms. The van der Waals surface area contributed by atoms with E-state index in [1.807, 2.05) is 18.4 Å². The van der Waals surface area contributed by atoms with Gasteiger partial charge in [-0.2, -0.15) is 0 Å². The summed E-state index contributed by atoms with van der Waals surface area (Å²) in [6.45, 7) is 4.76. The van der Waals surface area contributed by atoms with Crippen molar-refractivity contribution >= 4 is 62.8 Å². The van der Waals surface area contributed by atoms with E-state index in [-0.39, 0.29) is 29.9 Å². The number of amides is 2. The van der Waals surface area contributed by atoms with E-state index in [0.717, 1.165) is 41.5 Å². The Morgan fingerprint density at radius 2 is 2.07 bits per heavy atom. The van der Waals surface area contributed by atoms with Gasteiger partial charge >= 0.3 is 5.97 Å². The van der Waals surface area contributed by atoms with Crippen LogP contribution in [0, 0.1) is 0 Å². The Kier molecular flexibility index (Phi) is 13.1. The maximum Gasteiger partial charge on any atom is 0.329 e. The molecule has 0 saturated carbocycles. The van der Waals surface area contributed by atoms with Crippen LogP contribution in [0.1, 0.15) is 102 Å². The number of ether oxygens (including phenoxy) is 1. The lowest BCUT2D eigenvalue weighted by Crippen LogP contribution is -2.56. The highest BCUT2D eigenvalue weighted by atomic mass is 32.2. The minimum atomic E-state index is -0.977. The van der Waals surface area contributed by atoms with Crippen molar-refractivity contribution in [2.45, 2.75) is 115 Å². The number of nitrogens with zero attached hydrogens (tertiary/aromatic N) is 3. The number of unbranched alkanes of at least 4 members (excludes halogenated alkanes) is 4. The van der Waals surface area contributed by atoms with Crippen LogP contribution >= 0.6 is 34.9 Å². The summed E-state index contributed by atoms with van der Waals surface area (Å²) in [4.78, 5) is 63.8. The first-order valence-electron chi connectivity index (χ1n) is 15.6. The van der Waals surface area contributed by atoms with Crippen molar-refractivity contribution in [3.05, 3.63) is 28.2 Å². The molecule has 1 fully saturated rings. The molecule has 1 aromatic rings. The number of rotatable bonds is 10. The van der Waals surface area contributed by atoms with E-state index in [1.54, 1.807) is 22.7 Å². The molecule has 1 saturated heterocycles. The molecule has 0 aromatic carbocycles. The molecule has 1 N–H and O–H groups in total. The third-order valence-corrected chi connectivity index (χ3v) is 10.7. The Hall–Kier alpha value is -2.18. The molecule has 4 heterocycles. The molecular formula is C31H44N4O5S3. The molecule has 3 aliphatic heterocycles. The summed E-state index contributed by atoms with van der Waals surface area (Å²) in [6, 6.07) is -0.713. The van der Waals surface area contributed by atoms with E-state index < -0.39 is 23.7 Å². The minimum Gasteiger partial charge on any atom is -0.456 e. The maximum atomic E-state index is 13.9. The molecule has 236 valence electrons. The zero-order chi connectivity index (χ0) is 30.7. The first-order chi connectivity index (χ1) is 20.8. The normalized spacial score (nSPS) is 25.2. The first-order valence-corrected chi connectivity index (χ1v) is 18.4. The molecule has 4 bridgehead atoms. The van der Waals surface area contributed by atoms with Crippen molar-refractivity contribution < 1.29 is 23.9 Å². The monoisotopic (exact) mass is 648 g/mol. The summed E-state index contributed by atoms with van der Waals surface area (Å²) in [5.74, 6) is 0.451. The number of hydrogen-bond donors (Lipinski definition) is 1. The summed E-state index contributed by atoms with van der Waals surface area (Å²) in [6.07, 6.45) is 12.3. The molecular weight excluding hydrogens is 605 g/mol. The van der Waals surface area contributed by atoms with Gasteiger partial charge in [-0.1, -0.05) is 50.4 Å². The van der Waals surface area contributed by atoms with E-state index in [1.165, 1.54) is 42.4 Å². The largest absolute Gasteiger partial charge is 0.456 e. The van der Waals surface area contributed by atoms with Crippen LogP contribution in [0.4, 0.5) is 0 Å². The quantitative estimate of drug-likeness (QED) is 0.196. The number of fused-ring (bicyclic) bond motifs is 5. The van der Waals surface area contributed by atoms with Gasteiger partial charge in [-0.05, 0) is 51.5 Å². The standard InChI is InChI=1S/C31H44N4O5S3/c1-3-4-5-6-7-14-27(37)41-17-11-9-12-22-19-25(36)32-20-26-33-23(21-43-26)28-34-31(2,15-18-42-28)30(39)35-16-10-8-13-24(35)29(38)40-22/h9,12,21-22,24H,3-8,10-11,13-20H2,1-2H3,(H,32,36)/b12-9+/t22?,24-,31-/m0/s1. The van der Waals surface area contributed by atoms with Crippen molar-refractivity contribution in [1.29, 1.82) is 0 Å². The number of aromatic nitrogens is 1. The van der Waals surface area contributed by atoms with Gasteiger partial charge in [0.15, 0.2) is 5.12 Å². The van der Waals surface area contributed by atoms with E-state index in [2.05, 4.69) is 17.2 Å². The van der Waals surface area contributed by atoms with Gasteiger partial charge in [0.2, 0.25) is 5.91 Å². The summed E-state index contributed by atoms with van der Waals surface area (Å²) >= 11 is 4.35. The number of carbonyl (C=O) groups excluding carboxylic acids is 4. The van der Waals surface area contributed by atoms with Gasteiger partial charge in [-0.15, -0.1) is 23.1 Å². The average molecular weight is 649 g/mol. The molecule has 12 heteroatoms. The fraction of sp³-hybridized carbons (Fsp3) is 0.677. The molecule has 0 radical (unpaired) electrons. The van der Waals surface area contributed by atoms with Crippen molar-refractivity contribution in [3.8, 4) is 0 Å². The van der Waals surface area contributed by atoms with Gasteiger partial charge < -0.3 is 15.0 Å². The van der Waals surface area contributed by atoms with Crippen LogP contribution in [0.15, 0.2) is 22.5 Å². The lowest BCUT2D eigenvalue weighted by Gasteiger charge is -2.40. The van der Waals surface area contributed by atoms with Gasteiger partial charge in [-0.25, -0.2) is 9.78 Å². The lowest BCUT2D eigenvalue weighted by atomic mass is 9.93. The zero-order valence-corrected chi connectivity index (χ0v) is 27.8. The predicted molar refractivity (Wildman–Crippen MR) is 174 cm³/mol. The third kappa shape index (κ3) is 9.91. The van der Waals surface area contributed by atoms with Crippen LogP contribution in [0.3, 0.4) is 0 Å². The van der Waals surface area contributed by atoms with Gasteiger partial charge in [0.1, 0.15) is 33.4 Å². The number of cyclic esters (lactones) is 1. The van der Waals surface area contributed by atoms with Crippen molar-refractivity contribution in [2.75, 3.05) is 18.1 Å². The third-order valence-electron chi connectivity index (χ3n) is 7.92. The maximum absolute atomic E-state index is 13.9. The molecule has 43 heavy (non-hydrogen) atoms. The summed E-state index contributed by atoms with van der Waals surface area (Å²) < 4.78 is 5.91. The number of carbonyl (C=O) groups is 4. The number of thioether (sulfide) groups is 2. The molecule has 0 aliphatic carbocycles. The van der Waals surface area contributed by atoms with E-state index in [0.29, 0.717) is 43.7 Å². The Balaban J connectivity index is 1.44. The number of nitrogens with one attached hydrogen (secondary N) is 1. The van der Waals surface area contributed by atoms with Crippen LogP contribution in [0.2, 0.25) is 0 Å². The van der Waals surface area contributed by atoms with Crippen molar-refractivity contribution in [3.63, 3.8) is 0 Å². The Morgan fingerprint density at radius 3 is 2.91 bits per heavy atom. The number of esters is 1. The smallest absolute Gasteiger partial charge is 0.329 e. The molecule has 2 amide bonds. The fourth-order valence-corrected chi connectivity index (χ4v) is 8.18. The highest BCUT2D eigenvalue weighted by Crippen LogP contribution is 2.34. The number of aliphatic imine (C=N–C) groups is 1. The van der Waals surface area contributed by atoms with E-state index in [4.69, 9.17) is 9.73 Å². The lowest BCUT2D eigenvalue weighted by molar-refractivity contribution is -0.161. The Bertz CT molecular complexity index is 1200. The molecule has 1 aromatic heterocycles. The molecule has 4 rings (SSSR count). The van der Waals surface area contributed by atoms with Gasteiger partial charge in [0, 0.05) is 29.9 Å². The SMILES string of the molecule is CCCCCCCC(=O)SCC/C=C/C1CC(=O)NCc2nc(cs2)C2=N[C@@](C)(CCS2)C(=O)N2CCCC[C@H]2C(=O)O1. The first kappa shape index (κ1) is 33.7. The number of piperidine rings is 1. The predicted octanol–water partition coefficient (Wildman–Crippen LogP) is 5.66. The molecule has 9 nitrogen and oxygen atoms in total. The highest BCUT2D eigenvalue weighted by Gasteiger charge is 2.44. The van der Waals surface area contributed by atoms with Gasteiger partial charge in [-0.3, -0.25) is 19.4 Å².